The van der Waals surface area contributed by atoms with Gasteiger partial charge in [0.25, 0.3) is 17.8 Å². The Morgan fingerprint density at radius 3 is 1.92 bits per heavy atom. The summed E-state index contributed by atoms with van der Waals surface area (Å²) in [6, 6.07) is 27.2. The van der Waals surface area contributed by atoms with E-state index in [2.05, 4.69) is 29.2 Å². The van der Waals surface area contributed by atoms with Gasteiger partial charge in [0.05, 0.1) is 0 Å². The number of aliphatic imine (C=N–C) groups is 1. The van der Waals surface area contributed by atoms with Crippen LogP contribution in [0, 0.1) is 0 Å². The van der Waals surface area contributed by atoms with Crippen molar-refractivity contribution < 1.29 is 14.2 Å². The van der Waals surface area contributed by atoms with Gasteiger partial charge in [-0.25, -0.2) is 9.37 Å². The highest BCUT2D eigenvalue weighted by Crippen LogP contribution is 2.22. The van der Waals surface area contributed by atoms with E-state index in [4.69, 9.17) is 16.6 Å². The van der Waals surface area contributed by atoms with Crippen molar-refractivity contribution in [3.8, 4) is 0 Å². The Hall–Kier alpha value is -3.81. The highest BCUT2D eigenvalue weighted by Gasteiger charge is 2.53. The van der Waals surface area contributed by atoms with Crippen molar-refractivity contribution in [2.45, 2.75) is 25.7 Å². The van der Waals surface area contributed by atoms with E-state index < -0.39 is 6.04 Å². The van der Waals surface area contributed by atoms with Crippen molar-refractivity contribution in [3.63, 3.8) is 0 Å². The number of carbonyl (C=O) groups is 2. The monoisotopic (exact) mass is 514 g/mol. The number of carbonyl (C=O) groups excluding carboxylic acids is 2. The molecule has 1 fully saturated rings. The van der Waals surface area contributed by atoms with Crippen LogP contribution in [-0.4, -0.2) is 69.6 Å². The first kappa shape index (κ1) is 24.9. The highest BCUT2D eigenvalue weighted by atomic mass is 35.5. The average molecular weight is 515 g/mol. The Balaban J connectivity index is 1.53. The Labute approximate surface area is 221 Å². The van der Waals surface area contributed by atoms with Gasteiger partial charge in [0.15, 0.2) is 0 Å². The molecule has 2 heterocycles. The molecule has 0 aromatic heterocycles. The molecule has 5 rings (SSSR count). The third-order valence-electron chi connectivity index (χ3n) is 6.74. The van der Waals surface area contributed by atoms with Gasteiger partial charge in [0, 0.05) is 32.2 Å². The zero-order valence-corrected chi connectivity index (χ0v) is 21.7. The molecule has 3 aromatic carbocycles. The summed E-state index contributed by atoms with van der Waals surface area (Å²) >= 11 is 6.11. The van der Waals surface area contributed by atoms with Crippen LogP contribution in [0.3, 0.4) is 0 Å². The summed E-state index contributed by atoms with van der Waals surface area (Å²) in [4.78, 5) is 35.9. The summed E-state index contributed by atoms with van der Waals surface area (Å²) in [5.41, 5.74) is 3.38. The van der Waals surface area contributed by atoms with E-state index in [1.807, 2.05) is 65.2 Å². The largest absolute Gasteiger partial charge is 0.333 e. The van der Waals surface area contributed by atoms with E-state index in [0.717, 1.165) is 11.4 Å². The Morgan fingerprint density at radius 1 is 0.784 bits per heavy atom. The van der Waals surface area contributed by atoms with Gasteiger partial charge in [-0.2, -0.15) is 0 Å². The fourth-order valence-electron chi connectivity index (χ4n) is 4.80. The molecule has 1 saturated heterocycles. The number of urea groups is 1. The van der Waals surface area contributed by atoms with Gasteiger partial charge in [-0.3, -0.25) is 19.5 Å². The molecule has 1 unspecified atom stereocenters. The number of amidine groups is 2. The second-order valence-electron chi connectivity index (χ2n) is 9.40. The van der Waals surface area contributed by atoms with Crippen LogP contribution < -0.4 is 0 Å². The molecule has 3 aromatic rings. The minimum atomic E-state index is -0.659. The molecular formula is C29H29ClN5O2+. The highest BCUT2D eigenvalue weighted by molar-refractivity contribution is 6.30. The van der Waals surface area contributed by atoms with Crippen LogP contribution >= 0.6 is 11.6 Å². The van der Waals surface area contributed by atoms with Crippen molar-refractivity contribution in [2.75, 3.05) is 20.6 Å². The number of hydrogen-bond donors (Lipinski definition) is 0. The lowest BCUT2D eigenvalue weighted by Crippen LogP contribution is -2.61. The zero-order chi connectivity index (χ0) is 25.9. The predicted octanol–water partition coefficient (Wildman–Crippen LogP) is 4.26. The van der Waals surface area contributed by atoms with Gasteiger partial charge in [-0.15, -0.1) is 0 Å². The summed E-state index contributed by atoms with van der Waals surface area (Å²) in [7, 11) is 3.19. The van der Waals surface area contributed by atoms with E-state index in [-0.39, 0.29) is 11.9 Å². The van der Waals surface area contributed by atoms with Crippen molar-refractivity contribution in [2.24, 2.45) is 4.99 Å². The van der Waals surface area contributed by atoms with Crippen molar-refractivity contribution in [3.05, 3.63) is 107 Å². The summed E-state index contributed by atoms with van der Waals surface area (Å²) in [5.74, 6) is 0.949. The van der Waals surface area contributed by atoms with Crippen molar-refractivity contribution >= 4 is 35.2 Å². The summed E-state index contributed by atoms with van der Waals surface area (Å²) in [6.07, 6.45) is 0. The van der Waals surface area contributed by atoms with E-state index >= 15 is 0 Å². The number of fused-ring (bicyclic) bond motifs is 1. The summed E-state index contributed by atoms with van der Waals surface area (Å²) in [6.45, 7) is 2.41. The Morgan fingerprint density at radius 2 is 1.35 bits per heavy atom. The first-order valence-corrected chi connectivity index (χ1v) is 12.6. The quantitative estimate of drug-likeness (QED) is 0.422. The molecular weight excluding hydrogens is 486 g/mol. The molecule has 0 saturated carbocycles. The van der Waals surface area contributed by atoms with Gasteiger partial charge in [-0.05, 0) is 33.8 Å². The number of nitrogens with zero attached hydrogens (tertiary/aromatic N) is 5. The molecule has 1 atom stereocenters. The molecule has 3 amide bonds. The standard InChI is InChI=1S/C29H29ClN5O2/c1-32-27-26(28(36)33(2)29(32)37)35(19-23-13-15-24(30)16-14-23)25(31-27)20-34(17-21-9-5-3-6-10-21)18-22-11-7-4-8-12-22/h3-16,26H,17-20H2,1-2H3/q+1. The number of amides is 3. The van der Waals surface area contributed by atoms with Gasteiger partial charge < -0.3 is 0 Å². The number of hydrogen-bond acceptors (Lipinski definition) is 4. The molecule has 0 bridgehead atoms. The molecule has 8 heteroatoms. The van der Waals surface area contributed by atoms with E-state index in [1.54, 1.807) is 7.05 Å². The lowest BCUT2D eigenvalue weighted by Gasteiger charge is -2.30. The molecule has 188 valence electrons. The maximum absolute atomic E-state index is 13.3. The van der Waals surface area contributed by atoms with Gasteiger partial charge >= 0.3 is 11.9 Å². The maximum atomic E-state index is 13.3. The number of benzene rings is 3. The van der Waals surface area contributed by atoms with E-state index in [0.29, 0.717) is 37.0 Å². The van der Waals surface area contributed by atoms with E-state index in [9.17, 15) is 9.59 Å². The lowest BCUT2D eigenvalue weighted by atomic mass is 10.1. The normalized spacial score (nSPS) is 17.5. The third kappa shape index (κ3) is 5.33. The fourth-order valence-corrected chi connectivity index (χ4v) is 4.92. The van der Waals surface area contributed by atoms with Crippen LogP contribution in [0.15, 0.2) is 89.9 Å². The maximum Gasteiger partial charge on any atom is 0.333 e. The van der Waals surface area contributed by atoms with Crippen LogP contribution in [0.5, 0.6) is 0 Å². The molecule has 7 nitrogen and oxygen atoms in total. The SMILES string of the molecule is CN1C(=O)C2C(=NC(CN(Cc3ccccc3)Cc3ccccc3)=[N+]2Cc2ccc(Cl)cc2)N(C)C1=O. The van der Waals surface area contributed by atoms with Crippen LogP contribution in [-0.2, 0) is 24.4 Å². The van der Waals surface area contributed by atoms with Crippen molar-refractivity contribution in [1.82, 2.24) is 14.7 Å². The minimum absolute atomic E-state index is 0.275. The molecule has 0 aliphatic carbocycles. The first-order chi connectivity index (χ1) is 17.9. The fraction of sp³-hybridized carbons (Fsp3) is 0.241. The summed E-state index contributed by atoms with van der Waals surface area (Å²) in [5, 5.41) is 0.655. The van der Waals surface area contributed by atoms with Crippen molar-refractivity contribution in [1.29, 1.82) is 0 Å². The zero-order valence-electron chi connectivity index (χ0n) is 20.9. The molecule has 2 aliphatic rings. The molecule has 0 radical (unpaired) electrons. The number of likely N-dealkylation sites (N-methyl/N-ethyl adjacent to an activating group) is 2. The minimum Gasteiger partial charge on any atom is -0.284 e. The number of imide groups is 1. The first-order valence-electron chi connectivity index (χ1n) is 12.2. The number of rotatable bonds is 8. The molecule has 0 N–H and O–H groups in total. The lowest BCUT2D eigenvalue weighted by molar-refractivity contribution is -0.552. The molecule has 37 heavy (non-hydrogen) atoms. The van der Waals surface area contributed by atoms with Gasteiger partial charge in [-0.1, -0.05) is 84.4 Å². The Kier molecular flexibility index (Phi) is 7.17. The molecule has 2 aliphatic heterocycles. The topological polar surface area (TPSA) is 59.2 Å². The van der Waals surface area contributed by atoms with Crippen LogP contribution in [0.4, 0.5) is 4.79 Å². The second kappa shape index (κ2) is 10.7. The summed E-state index contributed by atoms with van der Waals surface area (Å²) < 4.78 is 2.02. The smallest absolute Gasteiger partial charge is 0.284 e. The average Bonchev–Trinajstić information content (AvgIpc) is 3.26. The van der Waals surface area contributed by atoms with E-state index in [1.165, 1.54) is 28.0 Å². The van der Waals surface area contributed by atoms with Crippen LogP contribution in [0.25, 0.3) is 0 Å². The van der Waals surface area contributed by atoms with Crippen LogP contribution in [0.1, 0.15) is 16.7 Å². The molecule has 0 spiro atoms. The van der Waals surface area contributed by atoms with Crippen LogP contribution in [0.2, 0.25) is 5.02 Å². The second-order valence-corrected chi connectivity index (χ2v) is 9.83. The van der Waals surface area contributed by atoms with Gasteiger partial charge in [0.1, 0.15) is 13.1 Å². The number of halogens is 1. The Bertz CT molecular complexity index is 1310. The van der Waals surface area contributed by atoms with Gasteiger partial charge in [0.2, 0.25) is 0 Å². The predicted molar refractivity (Wildman–Crippen MR) is 145 cm³/mol. The third-order valence-corrected chi connectivity index (χ3v) is 6.99.